The number of benzene rings is 1. The normalized spacial score (nSPS) is 21.4. The number of likely N-dealkylation sites (N-methyl/N-ethyl adjacent to an activating group) is 1. The van der Waals surface area contributed by atoms with Crippen LogP contribution in [0.5, 0.6) is 0 Å². The van der Waals surface area contributed by atoms with E-state index >= 15 is 0 Å². The van der Waals surface area contributed by atoms with Crippen LogP contribution >= 0.6 is 12.4 Å². The zero-order valence-corrected chi connectivity index (χ0v) is 12.8. The lowest BCUT2D eigenvalue weighted by Gasteiger charge is -2.25. The zero-order chi connectivity index (χ0) is 13.2. The van der Waals surface area contributed by atoms with Crippen LogP contribution in [0.1, 0.15) is 30.4 Å². The Morgan fingerprint density at radius 2 is 1.95 bits per heavy atom. The van der Waals surface area contributed by atoms with E-state index in [1.165, 1.54) is 17.5 Å². The molecule has 1 heterocycles. The number of nitrogens with zero attached hydrogens (tertiary/aromatic N) is 1. The average Bonchev–Trinajstić information content (AvgIpc) is 3.05. The predicted octanol–water partition coefficient (Wildman–Crippen LogP) is 2.18. The van der Waals surface area contributed by atoms with Gasteiger partial charge in [0.1, 0.15) is 0 Å². The number of carbonyl (C=O) groups excluding carboxylic acids is 1. The molecular formula is C16H23ClN2O. The molecule has 1 fully saturated rings. The number of carbonyl (C=O) groups is 1. The lowest BCUT2D eigenvalue weighted by molar-refractivity contribution is -0.132. The lowest BCUT2D eigenvalue weighted by Crippen LogP contribution is -2.40. The fourth-order valence-electron chi connectivity index (χ4n) is 3.30. The van der Waals surface area contributed by atoms with E-state index in [4.69, 9.17) is 0 Å². The molecule has 1 aliphatic heterocycles. The highest BCUT2D eigenvalue weighted by molar-refractivity contribution is 5.85. The van der Waals surface area contributed by atoms with Gasteiger partial charge in [0.2, 0.25) is 5.91 Å². The minimum absolute atomic E-state index is 0. The molecule has 1 saturated heterocycles. The highest BCUT2D eigenvalue weighted by atomic mass is 35.5. The number of rotatable bonds is 3. The summed E-state index contributed by atoms with van der Waals surface area (Å²) in [6, 6.07) is 9.31. The van der Waals surface area contributed by atoms with E-state index in [0.717, 1.165) is 25.8 Å². The summed E-state index contributed by atoms with van der Waals surface area (Å²) < 4.78 is 0. The molecule has 1 N–H and O–H groups in total. The monoisotopic (exact) mass is 294 g/mol. The molecule has 3 rings (SSSR count). The first-order chi connectivity index (χ1) is 9.24. The SMILES string of the molecule is CN(C(=O)CC1CCCN1)C1Cc2ccccc2C1.Cl. The maximum absolute atomic E-state index is 12.3. The average molecular weight is 295 g/mol. The molecule has 20 heavy (non-hydrogen) atoms. The van der Waals surface area contributed by atoms with Gasteiger partial charge in [0, 0.05) is 25.6 Å². The van der Waals surface area contributed by atoms with Gasteiger partial charge in [-0.2, -0.15) is 0 Å². The Morgan fingerprint density at radius 1 is 1.30 bits per heavy atom. The standard InChI is InChI=1S/C16H22N2O.ClH/c1-18(16(19)11-14-7-4-8-17-14)15-9-12-5-2-3-6-13(12)10-15;/h2-3,5-6,14-15,17H,4,7-11H2,1H3;1H. The summed E-state index contributed by atoms with van der Waals surface area (Å²) in [6.45, 7) is 1.07. The minimum atomic E-state index is 0. The molecule has 1 aromatic carbocycles. The van der Waals surface area contributed by atoms with Gasteiger partial charge in [0.15, 0.2) is 0 Å². The molecule has 0 aromatic heterocycles. The van der Waals surface area contributed by atoms with Crippen molar-refractivity contribution in [2.75, 3.05) is 13.6 Å². The number of hydrogen-bond acceptors (Lipinski definition) is 2. The van der Waals surface area contributed by atoms with E-state index in [1.807, 2.05) is 11.9 Å². The number of halogens is 1. The van der Waals surface area contributed by atoms with Crippen LogP contribution in [0.3, 0.4) is 0 Å². The van der Waals surface area contributed by atoms with E-state index in [2.05, 4.69) is 29.6 Å². The summed E-state index contributed by atoms with van der Waals surface area (Å²) in [5.74, 6) is 0.289. The first kappa shape index (κ1) is 15.3. The molecule has 3 nitrogen and oxygen atoms in total. The van der Waals surface area contributed by atoms with E-state index in [9.17, 15) is 4.79 Å². The van der Waals surface area contributed by atoms with Crippen LogP contribution in [-0.4, -0.2) is 36.5 Å². The lowest BCUT2D eigenvalue weighted by atomic mass is 10.1. The summed E-state index contributed by atoms with van der Waals surface area (Å²) in [5.41, 5.74) is 2.82. The molecule has 0 saturated carbocycles. The Hall–Kier alpha value is -1.06. The summed E-state index contributed by atoms with van der Waals surface area (Å²) in [6.07, 6.45) is 5.03. The van der Waals surface area contributed by atoms with Crippen LogP contribution in [0.25, 0.3) is 0 Å². The smallest absolute Gasteiger partial charge is 0.224 e. The Kier molecular flexibility index (Phi) is 5.06. The number of nitrogens with one attached hydrogen (secondary N) is 1. The van der Waals surface area contributed by atoms with Gasteiger partial charge >= 0.3 is 0 Å². The second kappa shape index (κ2) is 6.59. The minimum Gasteiger partial charge on any atom is -0.342 e. The van der Waals surface area contributed by atoms with Gasteiger partial charge in [-0.3, -0.25) is 4.79 Å². The highest BCUT2D eigenvalue weighted by Crippen LogP contribution is 2.25. The van der Waals surface area contributed by atoms with Crippen molar-refractivity contribution in [3.63, 3.8) is 0 Å². The Balaban J connectivity index is 0.00000147. The van der Waals surface area contributed by atoms with Crippen LogP contribution in [0.4, 0.5) is 0 Å². The fraction of sp³-hybridized carbons (Fsp3) is 0.562. The van der Waals surface area contributed by atoms with Crippen LogP contribution in [0, 0.1) is 0 Å². The Morgan fingerprint density at radius 3 is 2.50 bits per heavy atom. The molecule has 0 spiro atoms. The summed E-state index contributed by atoms with van der Waals surface area (Å²) in [5, 5.41) is 3.40. The summed E-state index contributed by atoms with van der Waals surface area (Å²) in [7, 11) is 1.97. The molecule has 1 atom stereocenters. The van der Waals surface area contributed by atoms with Crippen LogP contribution in [-0.2, 0) is 17.6 Å². The third-order valence-electron chi connectivity index (χ3n) is 4.55. The number of hydrogen-bond donors (Lipinski definition) is 1. The van der Waals surface area contributed by atoms with Crippen molar-refractivity contribution in [3.8, 4) is 0 Å². The van der Waals surface area contributed by atoms with Gasteiger partial charge in [0.05, 0.1) is 0 Å². The first-order valence-electron chi connectivity index (χ1n) is 7.30. The molecular weight excluding hydrogens is 272 g/mol. The van der Waals surface area contributed by atoms with Crippen molar-refractivity contribution >= 4 is 18.3 Å². The molecule has 4 heteroatoms. The van der Waals surface area contributed by atoms with Gasteiger partial charge in [-0.15, -0.1) is 12.4 Å². The fourth-order valence-corrected chi connectivity index (χ4v) is 3.30. The molecule has 1 amide bonds. The molecule has 2 aliphatic rings. The topological polar surface area (TPSA) is 32.3 Å². The summed E-state index contributed by atoms with van der Waals surface area (Å²) >= 11 is 0. The van der Waals surface area contributed by atoms with Gasteiger partial charge in [-0.25, -0.2) is 0 Å². The van der Waals surface area contributed by atoms with Crippen LogP contribution in [0.2, 0.25) is 0 Å². The molecule has 1 aliphatic carbocycles. The highest BCUT2D eigenvalue weighted by Gasteiger charge is 2.28. The zero-order valence-electron chi connectivity index (χ0n) is 12.0. The molecule has 1 unspecified atom stereocenters. The van der Waals surface area contributed by atoms with Gasteiger partial charge in [-0.05, 0) is 43.4 Å². The second-order valence-corrected chi connectivity index (χ2v) is 5.83. The maximum atomic E-state index is 12.3. The van der Waals surface area contributed by atoms with Crippen molar-refractivity contribution in [3.05, 3.63) is 35.4 Å². The Bertz CT molecular complexity index is 446. The molecule has 0 radical (unpaired) electrons. The van der Waals surface area contributed by atoms with Gasteiger partial charge < -0.3 is 10.2 Å². The molecule has 0 bridgehead atoms. The molecule has 110 valence electrons. The second-order valence-electron chi connectivity index (χ2n) is 5.83. The van der Waals surface area contributed by atoms with Gasteiger partial charge in [0.25, 0.3) is 0 Å². The van der Waals surface area contributed by atoms with Gasteiger partial charge in [-0.1, -0.05) is 24.3 Å². The Labute approximate surface area is 127 Å². The van der Waals surface area contributed by atoms with Crippen molar-refractivity contribution < 1.29 is 4.79 Å². The van der Waals surface area contributed by atoms with E-state index in [0.29, 0.717) is 18.5 Å². The van der Waals surface area contributed by atoms with Crippen molar-refractivity contribution in [2.24, 2.45) is 0 Å². The predicted molar refractivity (Wildman–Crippen MR) is 83.3 cm³/mol. The molecule has 1 aromatic rings. The van der Waals surface area contributed by atoms with Crippen LogP contribution in [0.15, 0.2) is 24.3 Å². The summed E-state index contributed by atoms with van der Waals surface area (Å²) in [4.78, 5) is 14.3. The van der Waals surface area contributed by atoms with Crippen molar-refractivity contribution in [1.82, 2.24) is 10.2 Å². The number of fused-ring (bicyclic) bond motifs is 1. The quantitative estimate of drug-likeness (QED) is 0.927. The van der Waals surface area contributed by atoms with E-state index < -0.39 is 0 Å². The third kappa shape index (κ3) is 3.15. The van der Waals surface area contributed by atoms with E-state index in [1.54, 1.807) is 0 Å². The largest absolute Gasteiger partial charge is 0.342 e. The van der Waals surface area contributed by atoms with Crippen LogP contribution < -0.4 is 5.32 Å². The third-order valence-corrected chi connectivity index (χ3v) is 4.55. The van der Waals surface area contributed by atoms with E-state index in [-0.39, 0.29) is 18.3 Å². The van der Waals surface area contributed by atoms with Crippen molar-refractivity contribution in [2.45, 2.75) is 44.2 Å². The first-order valence-corrected chi connectivity index (χ1v) is 7.30. The number of amides is 1. The van der Waals surface area contributed by atoms with Crippen molar-refractivity contribution in [1.29, 1.82) is 0 Å². The maximum Gasteiger partial charge on any atom is 0.224 e.